The van der Waals surface area contributed by atoms with Crippen molar-refractivity contribution in [3.05, 3.63) is 81.1 Å². The van der Waals surface area contributed by atoms with E-state index in [0.717, 1.165) is 17.0 Å². The summed E-state index contributed by atoms with van der Waals surface area (Å²) in [6.45, 7) is 0.988. The average molecular weight is 552 g/mol. The highest BCUT2D eigenvalue weighted by Crippen LogP contribution is 2.28. The Labute approximate surface area is 217 Å². The van der Waals surface area contributed by atoms with Crippen molar-refractivity contribution < 1.29 is 13.2 Å². The van der Waals surface area contributed by atoms with Crippen LogP contribution >= 0.6 is 34.5 Å². The van der Waals surface area contributed by atoms with Gasteiger partial charge in [0.05, 0.1) is 0 Å². The Morgan fingerprint density at radius 1 is 1.06 bits per heavy atom. The molecular formula is C23H22Cl2N5O3S2+. The molecule has 0 aliphatic carbocycles. The zero-order valence-electron chi connectivity index (χ0n) is 18.5. The molecule has 3 aromatic rings. The molecule has 2 heterocycles. The predicted octanol–water partition coefficient (Wildman–Crippen LogP) is 5.63. The van der Waals surface area contributed by atoms with Crippen LogP contribution in [-0.4, -0.2) is 37.8 Å². The summed E-state index contributed by atoms with van der Waals surface area (Å²) in [6, 6.07) is 17.2. The summed E-state index contributed by atoms with van der Waals surface area (Å²) in [6.07, 6.45) is 1.39. The van der Waals surface area contributed by atoms with Crippen molar-refractivity contribution in [2.24, 2.45) is 10.2 Å². The molecule has 1 aliphatic rings. The van der Waals surface area contributed by atoms with Crippen molar-refractivity contribution in [2.45, 2.75) is 29.6 Å². The van der Waals surface area contributed by atoms with Crippen molar-refractivity contribution in [1.29, 1.82) is 0 Å². The van der Waals surface area contributed by atoms with Crippen LogP contribution < -0.4 is 10.2 Å². The fraction of sp³-hybridized carbons (Fsp3) is 0.261. The molecule has 2 aromatic carbocycles. The lowest BCUT2D eigenvalue weighted by molar-refractivity contribution is 0.0992. The Hall–Kier alpha value is -2.59. The summed E-state index contributed by atoms with van der Waals surface area (Å²) in [7, 11) is -3.59. The monoisotopic (exact) mass is 550 g/mol. The largest absolute Gasteiger partial charge is 0.382 e. The SMILES string of the molecule is O=C(N=[N+]=NCc1ccc(S(=O)(=O)N2CCC(Nc3cccc(Cl)c3)CC2)s1)c1ccc(Cl)cc1. The zero-order valence-corrected chi connectivity index (χ0v) is 21.6. The third kappa shape index (κ3) is 6.76. The number of hydrogen-bond donors (Lipinski definition) is 1. The van der Waals surface area contributed by atoms with Crippen LogP contribution in [-0.2, 0) is 16.6 Å². The summed E-state index contributed by atoms with van der Waals surface area (Å²) in [4.78, 5) is 16.2. The molecule has 0 unspecified atom stereocenters. The van der Waals surface area contributed by atoms with Gasteiger partial charge in [-0.2, -0.15) is 4.31 Å². The quantitative estimate of drug-likeness (QED) is 0.303. The minimum Gasteiger partial charge on any atom is -0.382 e. The minimum atomic E-state index is -3.59. The number of anilines is 1. The summed E-state index contributed by atoms with van der Waals surface area (Å²) >= 11 is 13.0. The van der Waals surface area contributed by atoms with Gasteiger partial charge in [0.1, 0.15) is 9.32 Å². The number of rotatable bonds is 7. The van der Waals surface area contributed by atoms with Gasteiger partial charge in [-0.1, -0.05) is 29.3 Å². The van der Waals surface area contributed by atoms with E-state index in [1.165, 1.54) is 4.31 Å². The van der Waals surface area contributed by atoms with Crippen LogP contribution in [0.15, 0.2) is 75.1 Å². The maximum absolute atomic E-state index is 13.1. The first kappa shape index (κ1) is 25.5. The first-order valence-electron chi connectivity index (χ1n) is 10.8. The Morgan fingerprint density at radius 2 is 1.80 bits per heavy atom. The van der Waals surface area contributed by atoms with Gasteiger partial charge in [-0.05, 0) is 67.4 Å². The smallest absolute Gasteiger partial charge is 0.360 e. The third-order valence-corrected chi connectivity index (χ3v) is 9.32. The molecule has 0 bridgehead atoms. The topological polar surface area (TPSA) is 105 Å². The minimum absolute atomic E-state index is 0.128. The number of benzene rings is 2. The molecule has 0 saturated carbocycles. The van der Waals surface area contributed by atoms with E-state index in [2.05, 4.69) is 20.5 Å². The molecular weight excluding hydrogens is 529 g/mol. The number of carbonyl (C=O) groups excluding carboxylic acids is 1. The molecule has 1 fully saturated rings. The normalized spacial score (nSPS) is 14.8. The molecule has 1 saturated heterocycles. The van der Waals surface area contributed by atoms with Gasteiger partial charge in [0, 0.05) is 45.3 Å². The second kappa shape index (κ2) is 11.4. The number of nitrogens with one attached hydrogen (secondary N) is 1. The van der Waals surface area contributed by atoms with Gasteiger partial charge in [0.25, 0.3) is 10.0 Å². The average Bonchev–Trinajstić information content (AvgIpc) is 3.32. The van der Waals surface area contributed by atoms with E-state index < -0.39 is 15.9 Å². The van der Waals surface area contributed by atoms with Gasteiger partial charge in [0.2, 0.25) is 10.0 Å². The van der Waals surface area contributed by atoms with Crippen LogP contribution in [0.5, 0.6) is 0 Å². The van der Waals surface area contributed by atoms with Gasteiger partial charge in [0.15, 0.2) is 6.54 Å². The molecule has 0 spiro atoms. The highest BCUT2D eigenvalue weighted by Gasteiger charge is 2.30. The lowest BCUT2D eigenvalue weighted by atomic mass is 10.1. The summed E-state index contributed by atoms with van der Waals surface area (Å²) in [5, 5.41) is 12.0. The Kier molecular flexibility index (Phi) is 8.33. The van der Waals surface area contributed by atoms with Crippen molar-refractivity contribution in [1.82, 2.24) is 9.22 Å². The molecule has 1 amide bonds. The number of hydrogen-bond acceptors (Lipinski definition) is 6. The number of piperidine rings is 1. The highest BCUT2D eigenvalue weighted by atomic mass is 35.5. The van der Waals surface area contributed by atoms with E-state index in [0.29, 0.717) is 46.4 Å². The van der Waals surface area contributed by atoms with E-state index in [1.54, 1.807) is 36.4 Å². The molecule has 12 heteroatoms. The molecule has 8 nitrogen and oxygen atoms in total. The van der Waals surface area contributed by atoms with Crippen molar-refractivity contribution in [3.8, 4) is 0 Å². The molecule has 1 N–H and O–H groups in total. The third-order valence-electron chi connectivity index (χ3n) is 5.40. The lowest BCUT2D eigenvalue weighted by Crippen LogP contribution is -2.42. The Morgan fingerprint density at radius 3 is 2.51 bits per heavy atom. The first-order valence-corrected chi connectivity index (χ1v) is 13.8. The van der Waals surface area contributed by atoms with Gasteiger partial charge >= 0.3 is 5.91 Å². The fourth-order valence-corrected chi connectivity index (χ4v) is 6.80. The van der Waals surface area contributed by atoms with Crippen LogP contribution in [0.2, 0.25) is 10.0 Å². The molecule has 0 radical (unpaired) electrons. The first-order chi connectivity index (χ1) is 16.8. The zero-order chi connectivity index (χ0) is 24.8. The van der Waals surface area contributed by atoms with Gasteiger partial charge < -0.3 is 5.32 Å². The van der Waals surface area contributed by atoms with Crippen molar-refractivity contribution >= 4 is 56.2 Å². The number of sulfonamides is 1. The molecule has 4 rings (SSSR count). The number of halogens is 2. The second-order valence-electron chi connectivity index (χ2n) is 7.85. The van der Waals surface area contributed by atoms with Crippen LogP contribution in [0.1, 0.15) is 28.1 Å². The molecule has 0 atom stereocenters. The van der Waals surface area contributed by atoms with Crippen molar-refractivity contribution in [3.63, 3.8) is 0 Å². The standard InChI is InChI=1S/C23H22Cl2N5O3S2/c24-17-6-4-16(5-7-17)23(31)28-29-26-15-21-8-9-22(34-21)35(32,33)30-12-10-19(11-13-30)27-20-3-1-2-18(25)14-20/h1-9,14,19,27H,10-13,15H2/q+1. The molecule has 35 heavy (non-hydrogen) atoms. The predicted molar refractivity (Wildman–Crippen MR) is 138 cm³/mol. The van der Waals surface area contributed by atoms with Gasteiger partial charge in [-0.15, -0.1) is 11.3 Å². The Balaban J connectivity index is 1.31. The number of carbonyl (C=O) groups is 1. The molecule has 1 aromatic heterocycles. The van der Waals surface area contributed by atoms with E-state index in [1.807, 2.05) is 24.3 Å². The van der Waals surface area contributed by atoms with Crippen LogP contribution in [0.25, 0.3) is 0 Å². The van der Waals surface area contributed by atoms with Gasteiger partial charge in [-0.25, -0.2) is 8.42 Å². The van der Waals surface area contributed by atoms with E-state index in [-0.39, 0.29) is 16.8 Å². The van der Waals surface area contributed by atoms with E-state index in [9.17, 15) is 13.2 Å². The maximum atomic E-state index is 13.1. The number of thiophene rings is 1. The van der Waals surface area contributed by atoms with Gasteiger partial charge in [-0.3, -0.25) is 4.79 Å². The van der Waals surface area contributed by atoms with Crippen LogP contribution in [0.3, 0.4) is 0 Å². The lowest BCUT2D eigenvalue weighted by Gasteiger charge is -2.31. The summed E-state index contributed by atoms with van der Waals surface area (Å²) < 4.78 is 27.9. The maximum Gasteiger partial charge on any atom is 0.360 e. The van der Waals surface area contributed by atoms with E-state index in [4.69, 9.17) is 23.2 Å². The van der Waals surface area contributed by atoms with E-state index >= 15 is 0 Å². The fourth-order valence-electron chi connectivity index (χ4n) is 3.59. The summed E-state index contributed by atoms with van der Waals surface area (Å²) in [5.41, 5.74) is 1.28. The number of amides is 1. The molecule has 182 valence electrons. The highest BCUT2D eigenvalue weighted by molar-refractivity contribution is 7.91. The second-order valence-corrected chi connectivity index (χ2v) is 12.1. The van der Waals surface area contributed by atoms with Crippen molar-refractivity contribution in [2.75, 3.05) is 18.4 Å². The van der Waals surface area contributed by atoms with Crippen LogP contribution in [0, 0.1) is 0 Å². The summed E-state index contributed by atoms with van der Waals surface area (Å²) in [5.74, 6) is -0.534. The molecule has 1 aliphatic heterocycles. The van der Waals surface area contributed by atoms with Crippen LogP contribution in [0.4, 0.5) is 5.69 Å². The number of nitrogens with zero attached hydrogens (tertiary/aromatic N) is 4. The Bertz CT molecular complexity index is 1360.